The lowest BCUT2D eigenvalue weighted by Gasteiger charge is -2.43. The molecule has 11 nitrogen and oxygen atoms in total. The fraction of sp³-hybridized carbons (Fsp3) is 0.372. The van der Waals surface area contributed by atoms with E-state index in [4.69, 9.17) is 9.97 Å². The smallest absolute Gasteiger partial charge is 0.223 e. The van der Waals surface area contributed by atoms with Crippen LogP contribution in [0.25, 0.3) is 43.8 Å². The van der Waals surface area contributed by atoms with Gasteiger partial charge in [0.25, 0.3) is 0 Å². The van der Waals surface area contributed by atoms with Crippen LogP contribution in [0.2, 0.25) is 0 Å². The minimum absolute atomic E-state index is 0.00782. The summed E-state index contributed by atoms with van der Waals surface area (Å²) in [7, 11) is 5.93. The van der Waals surface area contributed by atoms with Crippen molar-refractivity contribution in [3.05, 3.63) is 89.8 Å². The zero-order chi connectivity index (χ0) is 38.0. The first-order chi connectivity index (χ1) is 26.7. The number of likely N-dealkylation sites (N-methyl/N-ethyl adjacent to an activating group) is 1. The fourth-order valence-corrected chi connectivity index (χ4v) is 8.96. The highest BCUT2D eigenvalue weighted by atomic mass is 19.1. The molecule has 3 aromatic heterocycles. The summed E-state index contributed by atoms with van der Waals surface area (Å²) in [5, 5.41) is 26.5. The van der Waals surface area contributed by atoms with Crippen molar-refractivity contribution in [1.29, 1.82) is 5.26 Å². The van der Waals surface area contributed by atoms with Crippen LogP contribution in [0.5, 0.6) is 5.75 Å². The van der Waals surface area contributed by atoms with E-state index in [0.29, 0.717) is 64.8 Å². The third-order valence-electron chi connectivity index (χ3n) is 12.0. The van der Waals surface area contributed by atoms with E-state index in [0.717, 1.165) is 53.9 Å². The van der Waals surface area contributed by atoms with E-state index in [-0.39, 0.29) is 42.1 Å². The zero-order valence-electron chi connectivity index (χ0n) is 31.3. The Kier molecular flexibility index (Phi) is 8.86. The molecule has 3 aromatic carbocycles. The number of phenolic OH excluding ortho intramolecular Hbond substituents is 1. The highest BCUT2D eigenvalue weighted by Crippen LogP contribution is 2.49. The molecule has 55 heavy (non-hydrogen) atoms. The number of halogens is 1. The van der Waals surface area contributed by atoms with Crippen molar-refractivity contribution in [2.24, 2.45) is 5.92 Å². The van der Waals surface area contributed by atoms with Crippen LogP contribution < -0.4 is 10.2 Å². The third kappa shape index (κ3) is 6.02. The molecule has 0 spiro atoms. The van der Waals surface area contributed by atoms with Gasteiger partial charge in [-0.25, -0.2) is 14.4 Å². The number of rotatable bonds is 11. The second kappa shape index (κ2) is 13.9. The number of amides is 1. The minimum Gasteiger partial charge on any atom is -0.508 e. The number of imidazole rings is 1. The van der Waals surface area contributed by atoms with Gasteiger partial charge in [-0.05, 0) is 85.1 Å². The number of aryl methyl sites for hydroxylation is 2. The summed E-state index contributed by atoms with van der Waals surface area (Å²) in [4.78, 5) is 34.5. The normalized spacial score (nSPS) is 19.3. The molecular weight excluding hydrogens is 694 g/mol. The number of aromatic hydroxyl groups is 1. The second-order valence-corrected chi connectivity index (χ2v) is 15.6. The summed E-state index contributed by atoms with van der Waals surface area (Å²) in [6.45, 7) is 2.75. The number of anilines is 1. The van der Waals surface area contributed by atoms with Crippen LogP contribution >= 0.6 is 0 Å². The first-order valence-electron chi connectivity index (χ1n) is 19.1. The topological polar surface area (TPSA) is 126 Å². The lowest BCUT2D eigenvalue weighted by Crippen LogP contribution is -2.57. The highest BCUT2D eigenvalue weighted by Gasteiger charge is 2.49. The van der Waals surface area contributed by atoms with Crippen molar-refractivity contribution < 1.29 is 14.3 Å². The van der Waals surface area contributed by atoms with E-state index < -0.39 is 5.82 Å². The van der Waals surface area contributed by atoms with Crippen molar-refractivity contribution in [3.8, 4) is 22.9 Å². The van der Waals surface area contributed by atoms with E-state index >= 15 is 4.39 Å². The summed E-state index contributed by atoms with van der Waals surface area (Å²) in [6, 6.07) is 21.6. The molecule has 1 saturated carbocycles. The molecule has 3 unspecified atom stereocenters. The van der Waals surface area contributed by atoms with Gasteiger partial charge in [0.15, 0.2) is 11.6 Å². The Morgan fingerprint density at radius 2 is 1.85 bits per heavy atom. The van der Waals surface area contributed by atoms with E-state index in [2.05, 4.69) is 44.8 Å². The lowest BCUT2D eigenvalue weighted by atomic mass is 9.79. The molecule has 2 bridgehead atoms. The lowest BCUT2D eigenvalue weighted by molar-refractivity contribution is -0.130. The molecule has 1 amide bonds. The van der Waals surface area contributed by atoms with Gasteiger partial charge in [0.05, 0.1) is 29.9 Å². The van der Waals surface area contributed by atoms with Crippen LogP contribution in [0.3, 0.4) is 0 Å². The highest BCUT2D eigenvalue weighted by molar-refractivity contribution is 6.10. The summed E-state index contributed by atoms with van der Waals surface area (Å²) < 4.78 is 20.1. The number of hydrogen-bond acceptors (Lipinski definition) is 9. The average Bonchev–Trinajstić information content (AvgIpc) is 3.89. The predicted octanol–water partition coefficient (Wildman–Crippen LogP) is 5.97. The second-order valence-electron chi connectivity index (χ2n) is 15.6. The number of hydrogen-bond donors (Lipinski definition) is 2. The molecule has 3 saturated heterocycles. The molecule has 3 aliphatic heterocycles. The predicted molar refractivity (Wildman–Crippen MR) is 211 cm³/mol. The summed E-state index contributed by atoms with van der Waals surface area (Å²) in [5.74, 6) is 1.36. The monoisotopic (exact) mass is 737 g/mol. The van der Waals surface area contributed by atoms with Crippen LogP contribution in [0, 0.1) is 23.1 Å². The van der Waals surface area contributed by atoms with Gasteiger partial charge in [0, 0.05) is 75.2 Å². The summed E-state index contributed by atoms with van der Waals surface area (Å²) in [6.07, 6.45) is 3.96. The van der Waals surface area contributed by atoms with Crippen LogP contribution in [-0.4, -0.2) is 93.2 Å². The Morgan fingerprint density at radius 3 is 2.58 bits per heavy atom. The van der Waals surface area contributed by atoms with Crippen molar-refractivity contribution in [3.63, 3.8) is 0 Å². The Morgan fingerprint density at radius 1 is 1.04 bits per heavy atom. The van der Waals surface area contributed by atoms with E-state index in [9.17, 15) is 15.2 Å². The average molecular weight is 738 g/mol. The van der Waals surface area contributed by atoms with Gasteiger partial charge < -0.3 is 29.7 Å². The first kappa shape index (κ1) is 35.1. The Hall–Kier alpha value is -5.64. The van der Waals surface area contributed by atoms with Crippen LogP contribution in [0.15, 0.2) is 66.9 Å². The number of fused-ring (bicyclic) bond motifs is 5. The van der Waals surface area contributed by atoms with Crippen molar-refractivity contribution in [2.75, 3.05) is 45.7 Å². The quantitative estimate of drug-likeness (QED) is 0.165. The molecule has 280 valence electrons. The fourth-order valence-electron chi connectivity index (χ4n) is 8.96. The van der Waals surface area contributed by atoms with Crippen LogP contribution in [0.4, 0.5) is 10.2 Å². The Balaban J connectivity index is 1.25. The molecule has 10 rings (SSSR count). The van der Waals surface area contributed by atoms with Crippen LogP contribution in [0.1, 0.15) is 42.4 Å². The molecule has 3 atom stereocenters. The largest absolute Gasteiger partial charge is 0.508 e. The molecule has 12 heteroatoms. The number of nitriles is 1. The number of pyridine rings is 2. The molecule has 4 aliphatic rings. The summed E-state index contributed by atoms with van der Waals surface area (Å²) in [5.41, 5.74) is 4.17. The maximum atomic E-state index is 17.8. The Labute approximate surface area is 319 Å². The number of nitrogens with one attached hydrogen (secondary N) is 1. The number of carbonyl (C=O) groups excluding carboxylic acids is 1. The molecule has 0 radical (unpaired) electrons. The Bertz CT molecular complexity index is 2490. The standard InChI is InChI=1S/C43H44FN9O2/c1-50(2)29-23-52(24-29)43-40-42(53(41-27-19-34(41)47-21-27)35(48-40)13-14-36(55)51(3)22-28-11-6-7-16-46-28)33-18-26(10-8-15-45)37(38(44)39(33)49-43)32-20-30(54)17-25-9-4-5-12-31(25)32/h4-7,9,11-12,16-18,20,27,29,34,41,47,54H,8,10,13-14,19,21-24H2,1-3H3. The summed E-state index contributed by atoms with van der Waals surface area (Å²) >= 11 is 0. The first-order valence-corrected chi connectivity index (χ1v) is 19.1. The molecule has 6 aromatic rings. The van der Waals surface area contributed by atoms with Crippen molar-refractivity contribution in [1.82, 2.24) is 34.6 Å². The molecule has 4 fully saturated rings. The van der Waals surface area contributed by atoms with E-state index in [1.54, 1.807) is 30.3 Å². The number of nitrogens with zero attached hydrogens (tertiary/aromatic N) is 8. The van der Waals surface area contributed by atoms with Crippen molar-refractivity contribution in [2.45, 2.75) is 56.8 Å². The molecule has 1 aliphatic carbocycles. The molecule has 2 N–H and O–H groups in total. The molecule has 6 heterocycles. The van der Waals surface area contributed by atoms with Crippen LogP contribution in [-0.2, 0) is 24.2 Å². The van der Waals surface area contributed by atoms with Gasteiger partial charge in [-0.1, -0.05) is 30.3 Å². The number of benzene rings is 3. The van der Waals surface area contributed by atoms with Gasteiger partial charge >= 0.3 is 0 Å². The zero-order valence-corrected chi connectivity index (χ0v) is 31.3. The van der Waals surface area contributed by atoms with E-state index in [1.165, 1.54) is 0 Å². The maximum absolute atomic E-state index is 17.8. The van der Waals surface area contributed by atoms with Gasteiger partial charge in [0.1, 0.15) is 22.6 Å². The minimum atomic E-state index is -0.482. The maximum Gasteiger partial charge on any atom is 0.223 e. The molecular formula is C43H44FN9O2. The number of carbonyl (C=O) groups is 1. The number of phenols is 1. The SMILES string of the molecule is CN(Cc1ccccn1)C(=O)CCc1nc2c(N3CC(N(C)C)C3)nc3c(F)c(-c4cc(O)cc5ccccc45)c(CCC#N)cc3c2n1C1C2CNC1C2. The van der Waals surface area contributed by atoms with Gasteiger partial charge in [-0.2, -0.15) is 5.26 Å². The van der Waals surface area contributed by atoms with Crippen molar-refractivity contribution >= 4 is 44.4 Å². The van der Waals surface area contributed by atoms with Gasteiger partial charge in [-0.3, -0.25) is 9.78 Å². The van der Waals surface area contributed by atoms with Gasteiger partial charge in [-0.15, -0.1) is 0 Å². The van der Waals surface area contributed by atoms with Gasteiger partial charge in [0.2, 0.25) is 5.91 Å². The number of aromatic nitrogens is 4. The van der Waals surface area contributed by atoms with E-state index in [1.807, 2.05) is 48.5 Å². The third-order valence-corrected chi connectivity index (χ3v) is 12.0.